The molecule has 6 heteroatoms. The molecule has 0 bridgehead atoms. The highest BCUT2D eigenvalue weighted by Crippen LogP contribution is 2.24. The molecule has 0 aliphatic carbocycles. The zero-order valence-electron chi connectivity index (χ0n) is 16.5. The molecule has 144 valence electrons. The van der Waals surface area contributed by atoms with Crippen LogP contribution in [0.25, 0.3) is 0 Å². The number of ether oxygens (including phenoxy) is 1. The van der Waals surface area contributed by atoms with Gasteiger partial charge in [0, 0.05) is 17.8 Å². The van der Waals surface area contributed by atoms with Gasteiger partial charge >= 0.3 is 0 Å². The molecule has 0 unspecified atom stereocenters. The average Bonchev–Trinajstić information content (AvgIpc) is 2.69. The summed E-state index contributed by atoms with van der Waals surface area (Å²) in [5.41, 5.74) is 5.66. The van der Waals surface area contributed by atoms with Crippen molar-refractivity contribution in [1.82, 2.24) is 15.3 Å². The van der Waals surface area contributed by atoms with Gasteiger partial charge in [-0.3, -0.25) is 4.79 Å². The highest BCUT2D eigenvalue weighted by atomic mass is 16.5. The van der Waals surface area contributed by atoms with Crippen molar-refractivity contribution in [2.45, 2.75) is 27.3 Å². The maximum absolute atomic E-state index is 12.4. The molecule has 0 saturated carbocycles. The van der Waals surface area contributed by atoms with E-state index in [0.29, 0.717) is 12.4 Å². The number of nitrogens with one attached hydrogen (secondary N) is 2. The Balaban J connectivity index is 1.66. The van der Waals surface area contributed by atoms with Crippen LogP contribution in [-0.2, 0) is 6.54 Å². The van der Waals surface area contributed by atoms with Crippen molar-refractivity contribution in [1.29, 1.82) is 0 Å². The van der Waals surface area contributed by atoms with E-state index in [1.165, 1.54) is 11.8 Å². The van der Waals surface area contributed by atoms with Gasteiger partial charge in [-0.25, -0.2) is 9.97 Å². The van der Waals surface area contributed by atoms with E-state index in [1.807, 2.05) is 24.3 Å². The lowest BCUT2D eigenvalue weighted by molar-refractivity contribution is 0.0945. The van der Waals surface area contributed by atoms with Crippen molar-refractivity contribution in [2.75, 3.05) is 12.4 Å². The van der Waals surface area contributed by atoms with E-state index < -0.39 is 0 Å². The number of aromatic nitrogens is 2. The van der Waals surface area contributed by atoms with Gasteiger partial charge in [0.25, 0.3) is 5.91 Å². The van der Waals surface area contributed by atoms with Crippen LogP contribution in [0.4, 0.5) is 11.5 Å². The molecule has 1 aromatic heterocycles. The fourth-order valence-corrected chi connectivity index (χ4v) is 3.13. The Morgan fingerprint density at radius 2 is 1.75 bits per heavy atom. The predicted molar refractivity (Wildman–Crippen MR) is 110 cm³/mol. The molecule has 3 rings (SSSR count). The standard InChI is InChI=1S/C22H24N4O2/c1-14-9-15(2)21(16(3)10-14)26-20-13-23-18(12-24-20)22(27)25-11-17-7-5-6-8-19(17)28-4/h5-10,12-13H,11H2,1-4H3,(H,24,26)(H,25,27). The zero-order chi connectivity index (χ0) is 20.1. The molecule has 0 saturated heterocycles. The molecular weight excluding hydrogens is 352 g/mol. The molecule has 3 aromatic rings. The third-order valence-corrected chi connectivity index (χ3v) is 4.45. The van der Waals surface area contributed by atoms with Gasteiger partial charge < -0.3 is 15.4 Å². The highest BCUT2D eigenvalue weighted by Gasteiger charge is 2.11. The Morgan fingerprint density at radius 3 is 2.39 bits per heavy atom. The van der Waals surface area contributed by atoms with Crippen molar-refractivity contribution in [3.05, 3.63) is 76.7 Å². The quantitative estimate of drug-likeness (QED) is 0.678. The molecule has 1 heterocycles. The molecular formula is C22H24N4O2. The molecule has 28 heavy (non-hydrogen) atoms. The molecule has 0 aliphatic heterocycles. The largest absolute Gasteiger partial charge is 0.496 e. The molecule has 0 aliphatic rings. The number of carbonyl (C=O) groups is 1. The topological polar surface area (TPSA) is 76.1 Å². The summed E-state index contributed by atoms with van der Waals surface area (Å²) >= 11 is 0. The lowest BCUT2D eigenvalue weighted by atomic mass is 10.1. The number of anilines is 2. The summed E-state index contributed by atoms with van der Waals surface area (Å²) in [6.45, 7) is 6.53. The number of hydrogen-bond donors (Lipinski definition) is 2. The number of carbonyl (C=O) groups excluding carboxylic acids is 1. The minimum atomic E-state index is -0.285. The van der Waals surface area contributed by atoms with Crippen molar-refractivity contribution >= 4 is 17.4 Å². The fraction of sp³-hybridized carbons (Fsp3) is 0.227. The number of benzene rings is 2. The Kier molecular flexibility index (Phi) is 5.89. The monoisotopic (exact) mass is 376 g/mol. The maximum atomic E-state index is 12.4. The summed E-state index contributed by atoms with van der Waals surface area (Å²) < 4.78 is 5.29. The Labute approximate surface area is 165 Å². The van der Waals surface area contributed by atoms with E-state index in [2.05, 4.69) is 53.5 Å². The van der Waals surface area contributed by atoms with Crippen LogP contribution in [0.5, 0.6) is 5.75 Å². The van der Waals surface area contributed by atoms with Crippen LogP contribution < -0.4 is 15.4 Å². The highest BCUT2D eigenvalue weighted by molar-refractivity contribution is 5.92. The number of hydrogen-bond acceptors (Lipinski definition) is 5. The van der Waals surface area contributed by atoms with Gasteiger partial charge in [0.05, 0.1) is 19.5 Å². The van der Waals surface area contributed by atoms with Crippen LogP contribution in [0.15, 0.2) is 48.8 Å². The zero-order valence-corrected chi connectivity index (χ0v) is 16.5. The van der Waals surface area contributed by atoms with Gasteiger partial charge in [0.2, 0.25) is 0 Å². The van der Waals surface area contributed by atoms with Crippen LogP contribution in [0.1, 0.15) is 32.7 Å². The van der Waals surface area contributed by atoms with Crippen molar-refractivity contribution in [2.24, 2.45) is 0 Å². The van der Waals surface area contributed by atoms with Gasteiger partial charge in [-0.2, -0.15) is 0 Å². The molecule has 0 radical (unpaired) electrons. The number of methoxy groups -OCH3 is 1. The van der Waals surface area contributed by atoms with Gasteiger partial charge in [-0.15, -0.1) is 0 Å². The Morgan fingerprint density at radius 1 is 1.04 bits per heavy atom. The number of nitrogens with zero attached hydrogens (tertiary/aromatic N) is 2. The van der Waals surface area contributed by atoms with Crippen LogP contribution in [0.2, 0.25) is 0 Å². The summed E-state index contributed by atoms with van der Waals surface area (Å²) in [6, 6.07) is 11.8. The van der Waals surface area contributed by atoms with Gasteiger partial charge in [0.1, 0.15) is 17.3 Å². The van der Waals surface area contributed by atoms with Crippen LogP contribution in [-0.4, -0.2) is 23.0 Å². The first kappa shape index (κ1) is 19.4. The first-order valence-electron chi connectivity index (χ1n) is 9.05. The summed E-state index contributed by atoms with van der Waals surface area (Å²) in [5, 5.41) is 6.13. The van der Waals surface area contributed by atoms with Crippen LogP contribution >= 0.6 is 0 Å². The first-order chi connectivity index (χ1) is 13.5. The van der Waals surface area contributed by atoms with Crippen molar-refractivity contribution < 1.29 is 9.53 Å². The van der Waals surface area contributed by atoms with E-state index in [4.69, 9.17) is 4.74 Å². The van der Waals surface area contributed by atoms with E-state index in [1.54, 1.807) is 13.3 Å². The van der Waals surface area contributed by atoms with Gasteiger partial charge in [0.15, 0.2) is 0 Å². The second kappa shape index (κ2) is 8.52. The second-order valence-electron chi connectivity index (χ2n) is 6.68. The summed E-state index contributed by atoms with van der Waals surface area (Å²) in [6.07, 6.45) is 3.04. The minimum Gasteiger partial charge on any atom is -0.496 e. The van der Waals surface area contributed by atoms with Gasteiger partial charge in [-0.1, -0.05) is 35.9 Å². The number of para-hydroxylation sites is 1. The van der Waals surface area contributed by atoms with Crippen LogP contribution in [0, 0.1) is 20.8 Å². The minimum absolute atomic E-state index is 0.262. The van der Waals surface area contributed by atoms with Gasteiger partial charge in [-0.05, 0) is 38.0 Å². The molecule has 0 spiro atoms. The summed E-state index contributed by atoms with van der Waals surface area (Å²) in [4.78, 5) is 20.9. The van der Waals surface area contributed by atoms with E-state index in [9.17, 15) is 4.79 Å². The molecule has 0 fully saturated rings. The Bertz CT molecular complexity index is 961. The SMILES string of the molecule is COc1ccccc1CNC(=O)c1cnc(Nc2c(C)cc(C)cc2C)cn1. The second-order valence-corrected chi connectivity index (χ2v) is 6.68. The predicted octanol–water partition coefficient (Wildman–Crippen LogP) is 4.08. The lowest BCUT2D eigenvalue weighted by Crippen LogP contribution is -2.24. The molecule has 2 N–H and O–H groups in total. The lowest BCUT2D eigenvalue weighted by Gasteiger charge is -2.13. The molecule has 0 atom stereocenters. The number of aryl methyl sites for hydroxylation is 3. The van der Waals surface area contributed by atoms with E-state index in [0.717, 1.165) is 28.1 Å². The maximum Gasteiger partial charge on any atom is 0.271 e. The number of amides is 1. The average molecular weight is 376 g/mol. The molecule has 1 amide bonds. The smallest absolute Gasteiger partial charge is 0.271 e. The third kappa shape index (κ3) is 4.46. The summed E-state index contributed by atoms with van der Waals surface area (Å²) in [7, 11) is 1.61. The van der Waals surface area contributed by atoms with E-state index >= 15 is 0 Å². The third-order valence-electron chi connectivity index (χ3n) is 4.45. The molecule has 2 aromatic carbocycles. The van der Waals surface area contributed by atoms with Crippen molar-refractivity contribution in [3.63, 3.8) is 0 Å². The summed E-state index contributed by atoms with van der Waals surface area (Å²) in [5.74, 6) is 1.04. The number of rotatable bonds is 6. The normalized spacial score (nSPS) is 10.4. The van der Waals surface area contributed by atoms with Crippen molar-refractivity contribution in [3.8, 4) is 5.75 Å². The fourth-order valence-electron chi connectivity index (χ4n) is 3.13. The first-order valence-corrected chi connectivity index (χ1v) is 9.05. The van der Waals surface area contributed by atoms with E-state index in [-0.39, 0.29) is 11.6 Å². The Hall–Kier alpha value is -3.41. The van der Waals surface area contributed by atoms with Crippen LogP contribution in [0.3, 0.4) is 0 Å². The molecule has 6 nitrogen and oxygen atoms in total.